The highest BCUT2D eigenvalue weighted by atomic mass is 35.5. The van der Waals surface area contributed by atoms with Gasteiger partial charge in [-0.05, 0) is 42.8 Å². The van der Waals surface area contributed by atoms with Crippen molar-refractivity contribution in [2.75, 3.05) is 11.9 Å². The van der Waals surface area contributed by atoms with Crippen molar-refractivity contribution < 1.29 is 9.53 Å². The molecule has 0 saturated carbocycles. The standard InChI is InChI=1S/C18H15Cl2N3O2S/c1-11-3-2-4-13(9-11)25-8-7-16-22-23-18(26-16)21-17(24)12-5-6-14(19)15(20)10-12/h2-6,9-10H,7-8H2,1H3,(H,21,23,24). The van der Waals surface area contributed by atoms with Gasteiger partial charge < -0.3 is 4.74 Å². The minimum atomic E-state index is -0.317. The Bertz CT molecular complexity index is 930. The average Bonchev–Trinajstić information content (AvgIpc) is 3.04. The largest absolute Gasteiger partial charge is 0.493 e. The van der Waals surface area contributed by atoms with E-state index in [1.165, 1.54) is 17.4 Å². The normalized spacial score (nSPS) is 10.6. The van der Waals surface area contributed by atoms with E-state index in [4.69, 9.17) is 27.9 Å². The second kappa shape index (κ2) is 8.49. The number of aryl methyl sites for hydroxylation is 1. The molecule has 26 heavy (non-hydrogen) atoms. The van der Waals surface area contributed by atoms with E-state index in [2.05, 4.69) is 15.5 Å². The van der Waals surface area contributed by atoms with Crippen molar-refractivity contribution in [1.82, 2.24) is 10.2 Å². The van der Waals surface area contributed by atoms with E-state index >= 15 is 0 Å². The lowest BCUT2D eigenvalue weighted by molar-refractivity contribution is 0.102. The number of ether oxygens (including phenoxy) is 1. The van der Waals surface area contributed by atoms with Crippen LogP contribution in [0.3, 0.4) is 0 Å². The lowest BCUT2D eigenvalue weighted by atomic mass is 10.2. The third kappa shape index (κ3) is 4.94. The molecule has 0 spiro atoms. The first kappa shape index (κ1) is 18.6. The highest BCUT2D eigenvalue weighted by Gasteiger charge is 2.12. The lowest BCUT2D eigenvalue weighted by Gasteiger charge is -2.05. The first-order valence-corrected chi connectivity index (χ1v) is 9.37. The van der Waals surface area contributed by atoms with Crippen LogP contribution < -0.4 is 10.1 Å². The summed E-state index contributed by atoms with van der Waals surface area (Å²) in [5, 5.41) is 12.7. The third-order valence-electron chi connectivity index (χ3n) is 3.44. The summed E-state index contributed by atoms with van der Waals surface area (Å²) in [6, 6.07) is 12.5. The van der Waals surface area contributed by atoms with Crippen molar-refractivity contribution in [3.05, 3.63) is 68.6 Å². The molecule has 5 nitrogen and oxygen atoms in total. The first-order chi connectivity index (χ1) is 12.5. The quantitative estimate of drug-likeness (QED) is 0.622. The zero-order valence-corrected chi connectivity index (χ0v) is 16.2. The van der Waals surface area contributed by atoms with Gasteiger partial charge >= 0.3 is 0 Å². The van der Waals surface area contributed by atoms with Gasteiger partial charge in [0, 0.05) is 12.0 Å². The van der Waals surface area contributed by atoms with E-state index in [0.29, 0.717) is 33.8 Å². The van der Waals surface area contributed by atoms with Crippen molar-refractivity contribution in [1.29, 1.82) is 0 Å². The number of benzene rings is 2. The Balaban J connectivity index is 1.54. The summed E-state index contributed by atoms with van der Waals surface area (Å²) in [5.41, 5.74) is 1.55. The summed E-state index contributed by atoms with van der Waals surface area (Å²) in [6.45, 7) is 2.50. The number of rotatable bonds is 6. The van der Waals surface area contributed by atoms with Gasteiger partial charge in [-0.15, -0.1) is 10.2 Å². The molecule has 2 aromatic carbocycles. The van der Waals surface area contributed by atoms with E-state index in [1.54, 1.807) is 12.1 Å². The van der Waals surface area contributed by atoms with Crippen molar-refractivity contribution in [3.63, 3.8) is 0 Å². The van der Waals surface area contributed by atoms with Gasteiger partial charge in [-0.2, -0.15) is 0 Å². The average molecular weight is 408 g/mol. The molecule has 0 fully saturated rings. The number of carbonyl (C=O) groups excluding carboxylic acids is 1. The Morgan fingerprint density at radius 2 is 2.00 bits per heavy atom. The number of nitrogens with zero attached hydrogens (tertiary/aromatic N) is 2. The van der Waals surface area contributed by atoms with Crippen LogP contribution in [0.25, 0.3) is 0 Å². The van der Waals surface area contributed by atoms with Crippen LogP contribution in [0.4, 0.5) is 5.13 Å². The van der Waals surface area contributed by atoms with Crippen LogP contribution in [0.15, 0.2) is 42.5 Å². The summed E-state index contributed by atoms with van der Waals surface area (Å²) in [7, 11) is 0. The number of aromatic nitrogens is 2. The SMILES string of the molecule is Cc1cccc(OCCc2nnc(NC(=O)c3ccc(Cl)c(Cl)c3)s2)c1. The Morgan fingerprint density at radius 3 is 2.77 bits per heavy atom. The minimum absolute atomic E-state index is 0.317. The molecular weight excluding hydrogens is 393 g/mol. The van der Waals surface area contributed by atoms with E-state index in [-0.39, 0.29) is 5.91 Å². The Kier molecular flexibility index (Phi) is 6.08. The van der Waals surface area contributed by atoms with Crippen LogP contribution >= 0.6 is 34.5 Å². The molecule has 0 aliphatic heterocycles. The summed E-state index contributed by atoms with van der Waals surface area (Å²) in [4.78, 5) is 12.2. The zero-order chi connectivity index (χ0) is 18.5. The van der Waals surface area contributed by atoms with Crippen LogP contribution in [-0.2, 0) is 6.42 Å². The lowest BCUT2D eigenvalue weighted by Crippen LogP contribution is -2.11. The molecule has 1 amide bonds. The molecule has 1 N–H and O–H groups in total. The molecule has 3 aromatic rings. The van der Waals surface area contributed by atoms with Crippen molar-refractivity contribution >= 4 is 45.6 Å². The number of hydrogen-bond acceptors (Lipinski definition) is 5. The second-order valence-corrected chi connectivity index (χ2v) is 7.38. The molecule has 0 bridgehead atoms. The fourth-order valence-corrected chi connectivity index (χ4v) is 3.19. The molecule has 0 saturated heterocycles. The van der Waals surface area contributed by atoms with Crippen LogP contribution in [0.5, 0.6) is 5.75 Å². The molecule has 0 atom stereocenters. The maximum Gasteiger partial charge on any atom is 0.257 e. The van der Waals surface area contributed by atoms with Gasteiger partial charge in [-0.1, -0.05) is 46.7 Å². The number of carbonyl (C=O) groups is 1. The number of amides is 1. The molecule has 8 heteroatoms. The summed E-state index contributed by atoms with van der Waals surface area (Å²) in [5.74, 6) is 0.505. The molecule has 1 aromatic heterocycles. The van der Waals surface area contributed by atoms with Crippen molar-refractivity contribution in [2.24, 2.45) is 0 Å². The van der Waals surface area contributed by atoms with Crippen molar-refractivity contribution in [2.45, 2.75) is 13.3 Å². The van der Waals surface area contributed by atoms with Gasteiger partial charge in [0.15, 0.2) is 0 Å². The smallest absolute Gasteiger partial charge is 0.257 e. The summed E-state index contributed by atoms with van der Waals surface area (Å²) >= 11 is 13.1. The Hall–Kier alpha value is -2.15. The van der Waals surface area contributed by atoms with Crippen LogP contribution in [-0.4, -0.2) is 22.7 Å². The predicted molar refractivity (Wildman–Crippen MR) is 105 cm³/mol. The second-order valence-electron chi connectivity index (χ2n) is 5.50. The fourth-order valence-electron chi connectivity index (χ4n) is 2.17. The molecule has 0 unspecified atom stereocenters. The van der Waals surface area contributed by atoms with E-state index in [1.807, 2.05) is 31.2 Å². The third-order valence-corrected chi connectivity index (χ3v) is 5.08. The maximum atomic E-state index is 12.2. The molecule has 3 rings (SSSR count). The fraction of sp³-hybridized carbons (Fsp3) is 0.167. The van der Waals surface area contributed by atoms with E-state index in [0.717, 1.165) is 16.3 Å². The van der Waals surface area contributed by atoms with Gasteiger partial charge in [-0.25, -0.2) is 0 Å². The zero-order valence-electron chi connectivity index (χ0n) is 13.8. The molecule has 0 aliphatic carbocycles. The molecular formula is C18H15Cl2N3O2S. The monoisotopic (exact) mass is 407 g/mol. The van der Waals surface area contributed by atoms with Crippen LogP contribution in [0.2, 0.25) is 10.0 Å². The van der Waals surface area contributed by atoms with E-state index < -0.39 is 0 Å². The first-order valence-electron chi connectivity index (χ1n) is 7.79. The summed E-state index contributed by atoms with van der Waals surface area (Å²) in [6.07, 6.45) is 0.605. The number of hydrogen-bond donors (Lipinski definition) is 1. The number of anilines is 1. The molecule has 0 radical (unpaired) electrons. The Labute approximate surface area is 164 Å². The van der Waals surface area contributed by atoms with Gasteiger partial charge in [-0.3, -0.25) is 10.1 Å². The van der Waals surface area contributed by atoms with E-state index in [9.17, 15) is 4.79 Å². The molecule has 1 heterocycles. The molecule has 0 aliphatic rings. The number of nitrogens with one attached hydrogen (secondary N) is 1. The predicted octanol–water partition coefficient (Wildman–Crippen LogP) is 5.03. The van der Waals surface area contributed by atoms with Crippen LogP contribution in [0.1, 0.15) is 20.9 Å². The van der Waals surface area contributed by atoms with Gasteiger partial charge in [0.1, 0.15) is 10.8 Å². The van der Waals surface area contributed by atoms with Crippen molar-refractivity contribution in [3.8, 4) is 5.75 Å². The van der Waals surface area contributed by atoms with Gasteiger partial charge in [0.05, 0.1) is 16.7 Å². The maximum absolute atomic E-state index is 12.2. The highest BCUT2D eigenvalue weighted by molar-refractivity contribution is 7.15. The Morgan fingerprint density at radius 1 is 1.15 bits per heavy atom. The highest BCUT2D eigenvalue weighted by Crippen LogP contribution is 2.24. The number of halogens is 2. The summed E-state index contributed by atoms with van der Waals surface area (Å²) < 4.78 is 5.70. The topological polar surface area (TPSA) is 64.1 Å². The molecule has 134 valence electrons. The van der Waals surface area contributed by atoms with Gasteiger partial charge in [0.25, 0.3) is 5.91 Å². The van der Waals surface area contributed by atoms with Gasteiger partial charge in [0.2, 0.25) is 5.13 Å². The minimum Gasteiger partial charge on any atom is -0.493 e. The van der Waals surface area contributed by atoms with Crippen LogP contribution in [0, 0.1) is 6.92 Å².